The number of ketones is 1. The molecule has 0 aliphatic heterocycles. The molecule has 0 atom stereocenters. The normalized spacial score (nSPS) is 12.4. The second-order valence-electron chi connectivity index (χ2n) is 2.09. The Bertz CT molecular complexity index is 267. The van der Waals surface area contributed by atoms with Crippen molar-refractivity contribution in [2.24, 2.45) is 0 Å². The Morgan fingerprint density at radius 1 is 1.43 bits per heavy atom. The first-order chi connectivity index (χ1) is 6.34. The van der Waals surface area contributed by atoms with E-state index in [9.17, 15) is 9.59 Å². The first kappa shape index (κ1) is 13.5. The fraction of sp³-hybridized carbons (Fsp3) is 0.429. The van der Waals surface area contributed by atoms with Gasteiger partial charge in [0.15, 0.2) is 0 Å². The number of aliphatic hydroxyl groups excluding tert-OH is 1. The number of esters is 1. The van der Waals surface area contributed by atoms with E-state index in [1.165, 1.54) is 6.92 Å². The summed E-state index contributed by atoms with van der Waals surface area (Å²) in [5.74, 6) is -2.17. The summed E-state index contributed by atoms with van der Waals surface area (Å²) in [6, 6.07) is 0. The van der Waals surface area contributed by atoms with Gasteiger partial charge in [0.05, 0.1) is 12.9 Å². The van der Waals surface area contributed by atoms with Crippen LogP contribution in [0.2, 0.25) is 0 Å². The maximum atomic E-state index is 11.2. The number of carbonyl (C=O) groups is 2. The van der Waals surface area contributed by atoms with Crippen LogP contribution >= 0.6 is 34.8 Å². The summed E-state index contributed by atoms with van der Waals surface area (Å²) >= 11 is 15.7. The van der Waals surface area contributed by atoms with Crippen LogP contribution in [-0.4, -0.2) is 27.3 Å². The van der Waals surface area contributed by atoms with E-state index in [4.69, 9.17) is 39.9 Å². The Labute approximate surface area is 95.4 Å². The third kappa shape index (κ3) is 3.74. The lowest BCUT2D eigenvalue weighted by atomic mass is 10.2. The average molecular weight is 261 g/mol. The molecule has 0 unspecified atom stereocenters. The zero-order chi connectivity index (χ0) is 11.4. The quantitative estimate of drug-likeness (QED) is 0.211. The van der Waals surface area contributed by atoms with E-state index in [-0.39, 0.29) is 12.9 Å². The fourth-order valence-electron chi connectivity index (χ4n) is 0.566. The monoisotopic (exact) mass is 260 g/mol. The predicted molar refractivity (Wildman–Crippen MR) is 52.6 cm³/mol. The Balaban J connectivity index is 4.77. The topological polar surface area (TPSA) is 63.6 Å². The van der Waals surface area contributed by atoms with Crippen molar-refractivity contribution >= 4 is 46.6 Å². The van der Waals surface area contributed by atoms with Crippen LogP contribution in [-0.2, 0) is 14.3 Å². The van der Waals surface area contributed by atoms with Crippen LogP contribution < -0.4 is 0 Å². The highest BCUT2D eigenvalue weighted by Gasteiger charge is 2.37. The van der Waals surface area contributed by atoms with Crippen LogP contribution in [0.25, 0.3) is 0 Å². The largest absolute Gasteiger partial charge is 0.515 e. The van der Waals surface area contributed by atoms with Gasteiger partial charge in [-0.15, -0.1) is 0 Å². The molecular weight excluding hydrogens is 254 g/mol. The molecule has 0 saturated heterocycles. The molecule has 0 radical (unpaired) electrons. The minimum atomic E-state index is -2.29. The van der Waals surface area contributed by atoms with Crippen molar-refractivity contribution in [1.29, 1.82) is 0 Å². The standard InChI is InChI=1S/C7H7Cl3O4/c1-2-14-6(13)4(3-11)5(12)7(8,9)10/h3,11H,2H2,1H3. The number of aliphatic hydroxyl groups is 1. The first-order valence-electron chi connectivity index (χ1n) is 3.47. The molecule has 0 amide bonds. The molecule has 0 rings (SSSR count). The zero-order valence-electron chi connectivity index (χ0n) is 7.09. The molecule has 0 spiro atoms. The smallest absolute Gasteiger partial charge is 0.345 e. The van der Waals surface area contributed by atoms with E-state index in [0.29, 0.717) is 0 Å². The lowest BCUT2D eigenvalue weighted by Gasteiger charge is -2.10. The highest BCUT2D eigenvalue weighted by Crippen LogP contribution is 2.30. The molecule has 14 heavy (non-hydrogen) atoms. The minimum absolute atomic E-state index is 0.0450. The van der Waals surface area contributed by atoms with Gasteiger partial charge in [0.1, 0.15) is 5.57 Å². The maximum absolute atomic E-state index is 11.2. The number of halogens is 3. The van der Waals surface area contributed by atoms with Crippen molar-refractivity contribution in [2.75, 3.05) is 6.61 Å². The number of Topliss-reactive ketones (excluding diaryl/α,β-unsaturated/α-hetero) is 1. The van der Waals surface area contributed by atoms with Gasteiger partial charge in [0.25, 0.3) is 3.79 Å². The summed E-state index contributed by atoms with van der Waals surface area (Å²) in [7, 11) is 0. The Kier molecular flexibility index (Phi) is 5.26. The van der Waals surface area contributed by atoms with Crippen LogP contribution in [0.4, 0.5) is 0 Å². The Morgan fingerprint density at radius 2 is 1.93 bits per heavy atom. The van der Waals surface area contributed by atoms with Crippen LogP contribution in [0.15, 0.2) is 11.8 Å². The molecule has 0 heterocycles. The van der Waals surface area contributed by atoms with E-state index in [1.54, 1.807) is 0 Å². The van der Waals surface area contributed by atoms with E-state index < -0.39 is 21.1 Å². The fourth-order valence-corrected chi connectivity index (χ4v) is 0.871. The van der Waals surface area contributed by atoms with E-state index >= 15 is 0 Å². The number of alkyl halides is 3. The lowest BCUT2D eigenvalue weighted by molar-refractivity contribution is -0.140. The van der Waals surface area contributed by atoms with Crippen molar-refractivity contribution in [3.05, 3.63) is 11.8 Å². The summed E-state index contributed by atoms with van der Waals surface area (Å²) < 4.78 is 2.16. The van der Waals surface area contributed by atoms with Crippen molar-refractivity contribution in [2.45, 2.75) is 10.7 Å². The van der Waals surface area contributed by atoms with Gasteiger partial charge < -0.3 is 9.84 Å². The molecule has 0 saturated carbocycles. The summed E-state index contributed by atoms with van der Waals surface area (Å²) in [6.07, 6.45) is 0.252. The molecule has 0 aromatic rings. The highest BCUT2D eigenvalue weighted by atomic mass is 35.6. The van der Waals surface area contributed by atoms with Crippen molar-refractivity contribution in [3.63, 3.8) is 0 Å². The van der Waals surface area contributed by atoms with Crippen LogP contribution in [0, 0.1) is 0 Å². The van der Waals surface area contributed by atoms with E-state index in [2.05, 4.69) is 4.74 Å². The predicted octanol–water partition coefficient (Wildman–Crippen LogP) is 1.93. The van der Waals surface area contributed by atoms with Gasteiger partial charge in [-0.2, -0.15) is 0 Å². The van der Waals surface area contributed by atoms with Gasteiger partial charge in [-0.05, 0) is 6.92 Å². The van der Waals surface area contributed by atoms with Gasteiger partial charge in [-0.3, -0.25) is 4.79 Å². The number of carbonyl (C=O) groups excluding carboxylic acids is 2. The Morgan fingerprint density at radius 3 is 2.21 bits per heavy atom. The second kappa shape index (κ2) is 5.44. The van der Waals surface area contributed by atoms with Gasteiger partial charge >= 0.3 is 5.97 Å². The number of hydrogen-bond donors (Lipinski definition) is 1. The van der Waals surface area contributed by atoms with Crippen LogP contribution in [0.3, 0.4) is 0 Å². The molecule has 0 bridgehead atoms. The molecule has 0 aliphatic rings. The van der Waals surface area contributed by atoms with Gasteiger partial charge in [-0.1, -0.05) is 34.8 Å². The van der Waals surface area contributed by atoms with Gasteiger partial charge in [-0.25, -0.2) is 4.79 Å². The molecule has 4 nitrogen and oxygen atoms in total. The summed E-state index contributed by atoms with van der Waals surface area (Å²) in [4.78, 5) is 22.2. The number of ether oxygens (including phenoxy) is 1. The SMILES string of the molecule is CCOC(=O)C(=CO)C(=O)C(Cl)(Cl)Cl. The number of rotatable bonds is 3. The first-order valence-corrected chi connectivity index (χ1v) is 4.61. The highest BCUT2D eigenvalue weighted by molar-refractivity contribution is 6.78. The number of hydrogen-bond acceptors (Lipinski definition) is 4. The molecule has 0 aromatic carbocycles. The maximum Gasteiger partial charge on any atom is 0.345 e. The summed E-state index contributed by atoms with van der Waals surface area (Å²) in [5.41, 5.74) is -0.702. The molecule has 0 aliphatic carbocycles. The third-order valence-corrected chi connectivity index (χ3v) is 1.64. The molecule has 1 N–H and O–H groups in total. The molecule has 0 fully saturated rings. The van der Waals surface area contributed by atoms with Crippen LogP contribution in [0.1, 0.15) is 6.92 Å². The van der Waals surface area contributed by atoms with E-state index in [0.717, 1.165) is 0 Å². The third-order valence-electron chi connectivity index (χ3n) is 1.13. The molecule has 7 heteroatoms. The second-order valence-corrected chi connectivity index (χ2v) is 4.37. The average Bonchev–Trinajstić information content (AvgIpc) is 2.04. The molecular formula is C7H7Cl3O4. The van der Waals surface area contributed by atoms with Crippen molar-refractivity contribution < 1.29 is 19.4 Å². The van der Waals surface area contributed by atoms with Crippen LogP contribution in [0.5, 0.6) is 0 Å². The summed E-state index contributed by atoms with van der Waals surface area (Å²) in [5, 5.41) is 8.60. The van der Waals surface area contributed by atoms with Gasteiger partial charge in [0, 0.05) is 0 Å². The van der Waals surface area contributed by atoms with Crippen molar-refractivity contribution in [3.8, 4) is 0 Å². The van der Waals surface area contributed by atoms with Gasteiger partial charge in [0.2, 0.25) is 5.78 Å². The lowest BCUT2D eigenvalue weighted by Crippen LogP contribution is -2.26. The van der Waals surface area contributed by atoms with Crippen molar-refractivity contribution in [1.82, 2.24) is 0 Å². The zero-order valence-corrected chi connectivity index (χ0v) is 9.36. The summed E-state index contributed by atoms with van der Waals surface area (Å²) in [6.45, 7) is 1.58. The van der Waals surface area contributed by atoms with E-state index in [1.807, 2.05) is 0 Å². The molecule has 0 aromatic heterocycles. The molecule has 80 valence electrons. The Hall–Kier alpha value is -0.450. The minimum Gasteiger partial charge on any atom is -0.515 e.